The van der Waals surface area contributed by atoms with Crippen molar-refractivity contribution in [2.75, 3.05) is 25.6 Å². The van der Waals surface area contributed by atoms with Gasteiger partial charge < -0.3 is 25.8 Å². The number of anilines is 1. The van der Waals surface area contributed by atoms with E-state index in [1.54, 1.807) is 38.3 Å². The standard InChI is InChI=1S/C23H30FN3O4/c1-15(26-23(30)21(28)16(2)25-13-4-14-31-3)17-7-11-20(12-8-17)27-22(29)18-5-9-19(24)10-6-18/h5-12,15-16,21,25,28H,4,13-14H2,1-3H3,(H,26,30)(H,27,29)/t15?,16-,21+/m0/s1. The van der Waals surface area contributed by atoms with E-state index in [2.05, 4.69) is 16.0 Å². The second kappa shape index (κ2) is 12.1. The maximum atomic E-state index is 13.0. The molecule has 0 radical (unpaired) electrons. The van der Waals surface area contributed by atoms with Gasteiger partial charge >= 0.3 is 0 Å². The van der Waals surface area contributed by atoms with Crippen molar-refractivity contribution in [3.63, 3.8) is 0 Å². The molecule has 7 nitrogen and oxygen atoms in total. The highest BCUT2D eigenvalue weighted by Gasteiger charge is 2.23. The lowest BCUT2D eigenvalue weighted by atomic mass is 10.1. The SMILES string of the molecule is COCCCN[C@@H](C)[C@@H](O)C(=O)NC(C)c1ccc(NC(=O)c2ccc(F)cc2)cc1. The van der Waals surface area contributed by atoms with Crippen LogP contribution in [0.1, 0.15) is 42.2 Å². The normalized spacial score (nSPS) is 13.8. The summed E-state index contributed by atoms with van der Waals surface area (Å²) in [6.45, 7) is 4.81. The summed E-state index contributed by atoms with van der Waals surface area (Å²) < 4.78 is 18.0. The molecule has 0 spiro atoms. The number of rotatable bonds is 11. The summed E-state index contributed by atoms with van der Waals surface area (Å²) in [6, 6.07) is 11.6. The molecule has 2 aromatic carbocycles. The Balaban J connectivity index is 1.86. The van der Waals surface area contributed by atoms with Crippen LogP contribution in [0.4, 0.5) is 10.1 Å². The Morgan fingerprint density at radius 1 is 1.06 bits per heavy atom. The lowest BCUT2D eigenvalue weighted by Crippen LogP contribution is -2.48. The highest BCUT2D eigenvalue weighted by atomic mass is 19.1. The molecule has 168 valence electrons. The molecule has 3 atom stereocenters. The number of nitrogens with one attached hydrogen (secondary N) is 3. The van der Waals surface area contributed by atoms with Crippen LogP contribution in [0.2, 0.25) is 0 Å². The lowest BCUT2D eigenvalue weighted by Gasteiger charge is -2.22. The molecule has 2 rings (SSSR count). The van der Waals surface area contributed by atoms with Gasteiger partial charge in [-0.3, -0.25) is 9.59 Å². The van der Waals surface area contributed by atoms with E-state index in [1.807, 2.05) is 6.92 Å². The second-order valence-electron chi connectivity index (χ2n) is 7.35. The number of methoxy groups -OCH3 is 1. The van der Waals surface area contributed by atoms with E-state index in [1.165, 1.54) is 24.3 Å². The number of aliphatic hydroxyl groups is 1. The molecule has 31 heavy (non-hydrogen) atoms. The first kappa shape index (κ1) is 24.5. The minimum atomic E-state index is -1.18. The Kier molecular flexibility index (Phi) is 9.58. The Bertz CT molecular complexity index is 843. The molecule has 0 aliphatic rings. The van der Waals surface area contributed by atoms with Crippen LogP contribution >= 0.6 is 0 Å². The van der Waals surface area contributed by atoms with Gasteiger partial charge in [0.05, 0.1) is 6.04 Å². The van der Waals surface area contributed by atoms with Gasteiger partial charge in [-0.15, -0.1) is 0 Å². The summed E-state index contributed by atoms with van der Waals surface area (Å²) in [5.74, 6) is -1.21. The molecule has 0 aliphatic carbocycles. The Hall–Kier alpha value is -2.81. The van der Waals surface area contributed by atoms with Crippen LogP contribution in [0.25, 0.3) is 0 Å². The van der Waals surface area contributed by atoms with E-state index in [0.717, 1.165) is 12.0 Å². The van der Waals surface area contributed by atoms with Crippen LogP contribution in [0.3, 0.4) is 0 Å². The van der Waals surface area contributed by atoms with Crippen LogP contribution in [0.15, 0.2) is 48.5 Å². The van der Waals surface area contributed by atoms with Gasteiger partial charge in [-0.2, -0.15) is 0 Å². The number of halogens is 1. The fourth-order valence-electron chi connectivity index (χ4n) is 2.93. The molecular weight excluding hydrogens is 401 g/mol. The molecule has 2 aromatic rings. The molecule has 8 heteroatoms. The number of carbonyl (C=O) groups is 2. The van der Waals surface area contributed by atoms with Crippen molar-refractivity contribution in [3.8, 4) is 0 Å². The first-order valence-electron chi connectivity index (χ1n) is 10.2. The maximum absolute atomic E-state index is 13.0. The molecule has 0 saturated carbocycles. The van der Waals surface area contributed by atoms with Gasteiger partial charge in [-0.05, 0) is 68.8 Å². The second-order valence-corrected chi connectivity index (χ2v) is 7.35. The topological polar surface area (TPSA) is 99.7 Å². The molecule has 0 bridgehead atoms. The predicted octanol–water partition coefficient (Wildman–Crippen LogP) is 2.63. The van der Waals surface area contributed by atoms with Gasteiger partial charge in [0.1, 0.15) is 11.9 Å². The number of benzene rings is 2. The third kappa shape index (κ3) is 7.75. The summed E-state index contributed by atoms with van der Waals surface area (Å²) in [6.07, 6.45) is -0.394. The average Bonchev–Trinajstić information content (AvgIpc) is 2.76. The zero-order chi connectivity index (χ0) is 22.8. The van der Waals surface area contributed by atoms with Crippen molar-refractivity contribution in [1.29, 1.82) is 0 Å². The number of hydrogen-bond donors (Lipinski definition) is 4. The largest absolute Gasteiger partial charge is 0.385 e. The number of hydrogen-bond acceptors (Lipinski definition) is 5. The van der Waals surface area contributed by atoms with Crippen molar-refractivity contribution in [1.82, 2.24) is 10.6 Å². The summed E-state index contributed by atoms with van der Waals surface area (Å²) in [7, 11) is 1.62. The van der Waals surface area contributed by atoms with Crippen molar-refractivity contribution >= 4 is 17.5 Å². The average molecular weight is 432 g/mol. The van der Waals surface area contributed by atoms with Gasteiger partial charge in [0.2, 0.25) is 0 Å². The summed E-state index contributed by atoms with van der Waals surface area (Å²) in [5, 5.41) is 18.9. The molecule has 0 heterocycles. The Labute approximate surface area is 182 Å². The van der Waals surface area contributed by atoms with E-state index >= 15 is 0 Å². The zero-order valence-electron chi connectivity index (χ0n) is 18.0. The fraction of sp³-hybridized carbons (Fsp3) is 0.391. The van der Waals surface area contributed by atoms with E-state index in [-0.39, 0.29) is 11.9 Å². The first-order chi connectivity index (χ1) is 14.8. The molecule has 2 amide bonds. The highest BCUT2D eigenvalue weighted by molar-refractivity contribution is 6.04. The summed E-state index contributed by atoms with van der Waals surface area (Å²) in [4.78, 5) is 24.5. The maximum Gasteiger partial charge on any atom is 0.255 e. The minimum Gasteiger partial charge on any atom is -0.385 e. The predicted molar refractivity (Wildman–Crippen MR) is 117 cm³/mol. The van der Waals surface area contributed by atoms with Crippen LogP contribution in [0, 0.1) is 5.82 Å². The van der Waals surface area contributed by atoms with Crippen LogP contribution in [-0.2, 0) is 9.53 Å². The van der Waals surface area contributed by atoms with Crippen molar-refractivity contribution < 1.29 is 23.8 Å². The number of amides is 2. The smallest absolute Gasteiger partial charge is 0.255 e. The van der Waals surface area contributed by atoms with Gasteiger partial charge in [0.25, 0.3) is 11.8 Å². The fourth-order valence-corrected chi connectivity index (χ4v) is 2.93. The molecule has 0 aliphatic heterocycles. The van der Waals surface area contributed by atoms with E-state index in [0.29, 0.717) is 24.4 Å². The summed E-state index contributed by atoms with van der Waals surface area (Å²) >= 11 is 0. The molecule has 0 fully saturated rings. The minimum absolute atomic E-state index is 0.329. The lowest BCUT2D eigenvalue weighted by molar-refractivity contribution is -0.131. The van der Waals surface area contributed by atoms with Crippen molar-refractivity contribution in [3.05, 3.63) is 65.5 Å². The Morgan fingerprint density at radius 3 is 2.32 bits per heavy atom. The van der Waals surface area contributed by atoms with Gasteiger partial charge in [0, 0.05) is 31.0 Å². The van der Waals surface area contributed by atoms with Gasteiger partial charge in [-0.1, -0.05) is 12.1 Å². The van der Waals surface area contributed by atoms with E-state index in [4.69, 9.17) is 4.74 Å². The molecule has 0 aromatic heterocycles. The monoisotopic (exact) mass is 431 g/mol. The number of aliphatic hydroxyl groups excluding tert-OH is 1. The third-order valence-electron chi connectivity index (χ3n) is 4.87. The molecule has 0 saturated heterocycles. The quantitative estimate of drug-likeness (QED) is 0.410. The van der Waals surface area contributed by atoms with Crippen LogP contribution in [0.5, 0.6) is 0 Å². The van der Waals surface area contributed by atoms with Crippen molar-refractivity contribution in [2.45, 2.75) is 38.5 Å². The number of ether oxygens (including phenoxy) is 1. The number of carbonyl (C=O) groups excluding carboxylic acids is 2. The molecule has 1 unspecified atom stereocenters. The summed E-state index contributed by atoms with van der Waals surface area (Å²) in [5.41, 5.74) is 1.75. The third-order valence-corrected chi connectivity index (χ3v) is 4.87. The molecule has 4 N–H and O–H groups in total. The molecular formula is C23H30FN3O4. The van der Waals surface area contributed by atoms with Gasteiger partial charge in [-0.25, -0.2) is 4.39 Å². The van der Waals surface area contributed by atoms with Crippen LogP contribution < -0.4 is 16.0 Å². The van der Waals surface area contributed by atoms with Crippen LogP contribution in [-0.4, -0.2) is 49.3 Å². The first-order valence-corrected chi connectivity index (χ1v) is 10.2. The van der Waals surface area contributed by atoms with Gasteiger partial charge in [0.15, 0.2) is 0 Å². The highest BCUT2D eigenvalue weighted by Crippen LogP contribution is 2.17. The zero-order valence-corrected chi connectivity index (χ0v) is 18.0. The Morgan fingerprint density at radius 2 is 1.71 bits per heavy atom. The van der Waals surface area contributed by atoms with Crippen molar-refractivity contribution in [2.24, 2.45) is 0 Å². The van der Waals surface area contributed by atoms with E-state index < -0.39 is 23.9 Å². The van der Waals surface area contributed by atoms with E-state index in [9.17, 15) is 19.1 Å².